The average molecular weight is 745 g/mol. The second-order valence-electron chi connectivity index (χ2n) is 14.7. The molecule has 8 aromatic carbocycles. The Bertz CT molecular complexity index is 3380. The predicted molar refractivity (Wildman–Crippen MR) is 237 cm³/mol. The number of thiophene rings is 1. The zero-order chi connectivity index (χ0) is 37.5. The van der Waals surface area contributed by atoms with Crippen molar-refractivity contribution in [3.8, 4) is 62.1 Å². The lowest BCUT2D eigenvalue weighted by molar-refractivity contribution is 1.07. The lowest BCUT2D eigenvalue weighted by atomic mass is 9.95. The van der Waals surface area contributed by atoms with Gasteiger partial charge in [0, 0.05) is 53.3 Å². The van der Waals surface area contributed by atoms with Gasteiger partial charge in [-0.15, -0.1) is 11.3 Å². The third-order valence-corrected chi connectivity index (χ3v) is 12.7. The number of fused-ring (bicyclic) bond motifs is 9. The fraction of sp³-hybridized carbons (Fsp3) is 0.0192. The van der Waals surface area contributed by atoms with Crippen molar-refractivity contribution in [1.82, 2.24) is 19.5 Å². The summed E-state index contributed by atoms with van der Waals surface area (Å²) in [5, 5.41) is 4.88. The summed E-state index contributed by atoms with van der Waals surface area (Å²) in [6.45, 7) is 0. The van der Waals surface area contributed by atoms with Crippen molar-refractivity contribution in [3.05, 3.63) is 193 Å². The van der Waals surface area contributed by atoms with E-state index in [2.05, 4.69) is 168 Å². The van der Waals surface area contributed by atoms with Crippen molar-refractivity contribution in [1.29, 1.82) is 0 Å². The highest BCUT2D eigenvalue weighted by Crippen LogP contribution is 2.44. The van der Waals surface area contributed by atoms with Gasteiger partial charge in [-0.2, -0.15) is 0 Å². The molecule has 3 heterocycles. The van der Waals surface area contributed by atoms with Gasteiger partial charge in [-0.3, -0.25) is 0 Å². The van der Waals surface area contributed by atoms with E-state index in [0.717, 1.165) is 28.8 Å². The zero-order valence-electron chi connectivity index (χ0n) is 30.7. The normalized spacial score (nSPS) is 12.1. The summed E-state index contributed by atoms with van der Waals surface area (Å²) in [4.78, 5) is 15.4. The summed E-state index contributed by atoms with van der Waals surface area (Å²) in [5.74, 6) is 1.97. The Balaban J connectivity index is 0.977. The topological polar surface area (TPSA) is 43.6 Å². The van der Waals surface area contributed by atoms with E-state index in [0.29, 0.717) is 17.5 Å². The lowest BCUT2D eigenvalue weighted by Crippen LogP contribution is -2.01. The molecule has 11 aromatic rings. The largest absolute Gasteiger partial charge is 0.309 e. The van der Waals surface area contributed by atoms with E-state index in [1.165, 1.54) is 75.4 Å². The minimum Gasteiger partial charge on any atom is -0.309 e. The molecule has 0 fully saturated rings. The molecule has 0 atom stereocenters. The molecule has 0 bridgehead atoms. The second kappa shape index (κ2) is 12.7. The van der Waals surface area contributed by atoms with E-state index in [1.54, 1.807) is 11.3 Å². The maximum Gasteiger partial charge on any atom is 0.164 e. The maximum absolute atomic E-state index is 5.18. The van der Waals surface area contributed by atoms with Crippen molar-refractivity contribution >= 4 is 53.3 Å². The van der Waals surface area contributed by atoms with Crippen molar-refractivity contribution in [2.75, 3.05) is 0 Å². The highest BCUT2D eigenvalue weighted by molar-refractivity contribution is 7.25. The zero-order valence-corrected chi connectivity index (χ0v) is 31.5. The van der Waals surface area contributed by atoms with Gasteiger partial charge in [0.1, 0.15) is 0 Å². The first-order valence-electron chi connectivity index (χ1n) is 19.3. The summed E-state index contributed by atoms with van der Waals surface area (Å²) in [7, 11) is 0. The fourth-order valence-electron chi connectivity index (χ4n) is 8.91. The van der Waals surface area contributed by atoms with Gasteiger partial charge in [0.15, 0.2) is 17.5 Å². The molecule has 0 saturated heterocycles. The number of hydrogen-bond donors (Lipinski definition) is 0. The molecule has 3 aromatic heterocycles. The van der Waals surface area contributed by atoms with E-state index in [4.69, 9.17) is 15.0 Å². The molecule has 4 nitrogen and oxygen atoms in total. The van der Waals surface area contributed by atoms with Crippen molar-refractivity contribution < 1.29 is 0 Å². The quantitative estimate of drug-likeness (QED) is 0.176. The molecule has 0 N–H and O–H groups in total. The van der Waals surface area contributed by atoms with Gasteiger partial charge in [-0.1, -0.05) is 127 Å². The van der Waals surface area contributed by atoms with Gasteiger partial charge in [0.2, 0.25) is 0 Å². The summed E-state index contributed by atoms with van der Waals surface area (Å²) in [5.41, 5.74) is 14.4. The van der Waals surface area contributed by atoms with Crippen LogP contribution in [0, 0.1) is 0 Å². The Morgan fingerprint density at radius 3 is 1.89 bits per heavy atom. The molecule has 0 amide bonds. The highest BCUT2D eigenvalue weighted by atomic mass is 32.1. The molecule has 1 aliphatic rings. The number of nitrogens with zero attached hydrogens (tertiary/aromatic N) is 4. The van der Waals surface area contributed by atoms with Crippen molar-refractivity contribution in [2.24, 2.45) is 0 Å². The van der Waals surface area contributed by atoms with Crippen LogP contribution < -0.4 is 0 Å². The fourth-order valence-corrected chi connectivity index (χ4v) is 10.0. The Hall–Kier alpha value is -7.21. The Morgan fingerprint density at radius 1 is 0.404 bits per heavy atom. The van der Waals surface area contributed by atoms with Gasteiger partial charge >= 0.3 is 0 Å². The highest BCUT2D eigenvalue weighted by Gasteiger charge is 2.22. The molecule has 0 aliphatic heterocycles. The minimum absolute atomic E-state index is 0.645. The van der Waals surface area contributed by atoms with Crippen molar-refractivity contribution in [3.63, 3.8) is 0 Å². The van der Waals surface area contributed by atoms with Crippen molar-refractivity contribution in [2.45, 2.75) is 6.42 Å². The SMILES string of the molecule is c1ccc(-c2nc(-c3ccc(-n4c5ccccc5c5cc(-c6cccc7c6Cc6ccccc6-7)ccc54)cc3)nc(-c3cccc4sc5ccccc5c34)n2)cc1. The number of para-hydroxylation sites is 1. The summed E-state index contributed by atoms with van der Waals surface area (Å²) < 4.78 is 4.85. The van der Waals surface area contributed by atoms with Gasteiger partial charge in [-0.25, -0.2) is 15.0 Å². The molecule has 12 rings (SSSR count). The first kappa shape index (κ1) is 32.1. The molecular weight excluding hydrogens is 713 g/mol. The Kier molecular flexibility index (Phi) is 7.13. The number of benzene rings is 8. The maximum atomic E-state index is 5.18. The van der Waals surface area contributed by atoms with Crippen LogP contribution in [0.1, 0.15) is 11.1 Å². The molecule has 0 spiro atoms. The first-order valence-corrected chi connectivity index (χ1v) is 20.1. The number of hydrogen-bond acceptors (Lipinski definition) is 4. The van der Waals surface area contributed by atoms with Crippen LogP contribution in [-0.4, -0.2) is 19.5 Å². The standard InChI is InChI=1S/C52H32N4S/c1-2-12-32(13-3-1)50-53-51(55-52(54-50)42-20-11-23-48-49(42)41-17-7-9-22-47(41)57-48)33-24-27-36(28-25-33)56-45-21-8-6-16-40(45)44-31-35(26-29-46(44)56)38-18-10-19-39-37-15-5-4-14-34(37)30-43(38)39/h1-29,31H,30H2. The summed E-state index contributed by atoms with van der Waals surface area (Å²) >= 11 is 1.80. The summed E-state index contributed by atoms with van der Waals surface area (Å²) in [6.07, 6.45) is 0.962. The molecule has 266 valence electrons. The first-order chi connectivity index (χ1) is 28.2. The molecule has 57 heavy (non-hydrogen) atoms. The van der Waals surface area contributed by atoms with Gasteiger partial charge in [-0.05, 0) is 94.4 Å². The van der Waals surface area contributed by atoms with Gasteiger partial charge in [0.05, 0.1) is 11.0 Å². The average Bonchev–Trinajstić information content (AvgIpc) is 3.96. The van der Waals surface area contributed by atoms with Crippen LogP contribution in [0.2, 0.25) is 0 Å². The third-order valence-electron chi connectivity index (χ3n) is 11.5. The molecule has 0 radical (unpaired) electrons. The van der Waals surface area contributed by atoms with Crippen LogP contribution in [0.3, 0.4) is 0 Å². The van der Waals surface area contributed by atoms with Crippen LogP contribution in [0.15, 0.2) is 182 Å². The Labute approximate surface area is 333 Å². The monoisotopic (exact) mass is 744 g/mol. The van der Waals surface area contributed by atoms with E-state index in [1.807, 2.05) is 18.2 Å². The van der Waals surface area contributed by atoms with Gasteiger partial charge < -0.3 is 4.57 Å². The van der Waals surface area contributed by atoms with Gasteiger partial charge in [0.25, 0.3) is 0 Å². The predicted octanol–water partition coefficient (Wildman–Crippen LogP) is 13.6. The second-order valence-corrected chi connectivity index (χ2v) is 15.8. The van der Waals surface area contributed by atoms with E-state index in [-0.39, 0.29) is 0 Å². The molecule has 0 saturated carbocycles. The Morgan fingerprint density at radius 2 is 1.02 bits per heavy atom. The van der Waals surface area contributed by atoms with E-state index < -0.39 is 0 Å². The van der Waals surface area contributed by atoms with E-state index in [9.17, 15) is 0 Å². The smallest absolute Gasteiger partial charge is 0.164 e. The lowest BCUT2D eigenvalue weighted by Gasteiger charge is -2.12. The van der Waals surface area contributed by atoms with Crippen LogP contribution in [0.4, 0.5) is 0 Å². The van der Waals surface area contributed by atoms with Crippen LogP contribution >= 0.6 is 11.3 Å². The van der Waals surface area contributed by atoms with Crippen LogP contribution in [0.5, 0.6) is 0 Å². The van der Waals surface area contributed by atoms with E-state index >= 15 is 0 Å². The van der Waals surface area contributed by atoms with Crippen LogP contribution in [0.25, 0.3) is 104 Å². The third kappa shape index (κ3) is 5.10. The van der Waals surface area contributed by atoms with Crippen LogP contribution in [-0.2, 0) is 6.42 Å². The molecule has 1 aliphatic carbocycles. The minimum atomic E-state index is 0.645. The molecule has 5 heteroatoms. The number of rotatable bonds is 5. The number of aromatic nitrogens is 4. The summed E-state index contributed by atoms with van der Waals surface area (Å²) in [6, 6.07) is 65.1. The molecular formula is C52H32N4S. The molecule has 0 unspecified atom stereocenters.